The topological polar surface area (TPSA) is 54.0 Å². The number of aryl methyl sites for hydroxylation is 1. The van der Waals surface area contributed by atoms with Crippen LogP contribution in [-0.2, 0) is 0 Å². The predicted octanol–water partition coefficient (Wildman–Crippen LogP) is 3.98. The zero-order chi connectivity index (χ0) is 15.4. The molecule has 6 heteroatoms. The summed E-state index contributed by atoms with van der Waals surface area (Å²) < 4.78 is 14.1. The predicted molar refractivity (Wildman–Crippen MR) is 85.2 cm³/mol. The number of carbonyl (C=O) groups excluding carboxylic acids is 1. The molecule has 1 heterocycles. The largest absolute Gasteiger partial charge is 0.370 e. The molecule has 0 aliphatic rings. The first-order valence-electron chi connectivity index (χ1n) is 6.48. The van der Waals surface area contributed by atoms with Crippen molar-refractivity contribution in [1.29, 1.82) is 0 Å². The summed E-state index contributed by atoms with van der Waals surface area (Å²) in [7, 11) is 0. The fourth-order valence-corrected chi connectivity index (χ4v) is 2.22. The van der Waals surface area contributed by atoms with E-state index >= 15 is 0 Å². The van der Waals surface area contributed by atoms with E-state index in [0.717, 1.165) is 16.2 Å². The summed E-state index contributed by atoms with van der Waals surface area (Å²) in [5.41, 5.74) is 1.80. The molecule has 0 radical (unpaired) electrons. The highest BCUT2D eigenvalue weighted by atomic mass is 79.9. The number of aromatic nitrogens is 1. The van der Waals surface area contributed by atoms with Gasteiger partial charge in [-0.05, 0) is 47.5 Å². The second-order valence-corrected chi connectivity index (χ2v) is 5.26. The highest BCUT2D eigenvalue weighted by Gasteiger charge is 2.15. The minimum absolute atomic E-state index is 0.172. The lowest BCUT2D eigenvalue weighted by Gasteiger charge is -2.12. The summed E-state index contributed by atoms with van der Waals surface area (Å²) in [6.45, 7) is 4.39. The van der Waals surface area contributed by atoms with Crippen LogP contribution in [0.4, 0.5) is 15.9 Å². The highest BCUT2D eigenvalue weighted by molar-refractivity contribution is 9.10. The van der Waals surface area contributed by atoms with E-state index in [1.807, 2.05) is 26.0 Å². The van der Waals surface area contributed by atoms with Crippen LogP contribution in [0.5, 0.6) is 0 Å². The number of nitrogens with one attached hydrogen (secondary N) is 2. The SMILES string of the molecule is CCNc1ncc(F)cc1C(=O)Nc1cccc(C)c1Br. The molecular formula is C15H15BrFN3O. The zero-order valence-electron chi connectivity index (χ0n) is 11.7. The first kappa shape index (κ1) is 15.4. The monoisotopic (exact) mass is 351 g/mol. The van der Waals surface area contributed by atoms with Crippen molar-refractivity contribution in [1.82, 2.24) is 4.98 Å². The summed E-state index contributed by atoms with van der Waals surface area (Å²) in [6.07, 6.45) is 1.08. The number of nitrogens with zero attached hydrogens (tertiary/aromatic N) is 1. The third kappa shape index (κ3) is 3.58. The molecule has 0 unspecified atom stereocenters. The molecule has 4 nitrogen and oxygen atoms in total. The van der Waals surface area contributed by atoms with Crippen LogP contribution in [0.2, 0.25) is 0 Å². The maximum Gasteiger partial charge on any atom is 0.259 e. The number of rotatable bonds is 4. The molecule has 2 N–H and O–H groups in total. The van der Waals surface area contributed by atoms with Crippen LogP contribution in [0.1, 0.15) is 22.8 Å². The fourth-order valence-electron chi connectivity index (χ4n) is 1.85. The number of carbonyl (C=O) groups is 1. The molecule has 2 aromatic rings. The van der Waals surface area contributed by atoms with Gasteiger partial charge in [-0.25, -0.2) is 9.37 Å². The van der Waals surface area contributed by atoms with Gasteiger partial charge < -0.3 is 10.6 Å². The molecule has 1 aromatic carbocycles. The Morgan fingerprint density at radius 3 is 2.90 bits per heavy atom. The summed E-state index contributed by atoms with van der Waals surface area (Å²) >= 11 is 3.42. The van der Waals surface area contributed by atoms with E-state index in [-0.39, 0.29) is 5.56 Å². The Hall–Kier alpha value is -1.95. The van der Waals surface area contributed by atoms with Gasteiger partial charge in [-0.3, -0.25) is 4.79 Å². The first-order chi connectivity index (χ1) is 10.0. The molecule has 1 aromatic heterocycles. The van der Waals surface area contributed by atoms with Crippen molar-refractivity contribution in [3.63, 3.8) is 0 Å². The third-order valence-corrected chi connectivity index (χ3v) is 3.94. The number of amides is 1. The zero-order valence-corrected chi connectivity index (χ0v) is 13.3. The van der Waals surface area contributed by atoms with Crippen LogP contribution in [0.15, 0.2) is 34.9 Å². The van der Waals surface area contributed by atoms with Crippen molar-refractivity contribution in [3.05, 3.63) is 51.9 Å². The summed E-state index contributed by atoms with van der Waals surface area (Å²) in [6, 6.07) is 6.71. The molecule has 0 saturated heterocycles. The summed E-state index contributed by atoms with van der Waals surface area (Å²) in [5.74, 6) is -0.602. The lowest BCUT2D eigenvalue weighted by molar-refractivity contribution is 0.102. The lowest BCUT2D eigenvalue weighted by Crippen LogP contribution is -2.16. The summed E-state index contributed by atoms with van der Waals surface area (Å²) in [5, 5.41) is 5.71. The number of benzene rings is 1. The Labute approximate surface area is 130 Å². The molecule has 0 saturated carbocycles. The molecule has 0 aliphatic carbocycles. The molecule has 110 valence electrons. The fraction of sp³-hybridized carbons (Fsp3) is 0.200. The number of hydrogen-bond donors (Lipinski definition) is 2. The van der Waals surface area contributed by atoms with Gasteiger partial charge in [-0.15, -0.1) is 0 Å². The molecule has 0 spiro atoms. The van der Waals surface area contributed by atoms with Gasteiger partial charge in [0.2, 0.25) is 0 Å². The highest BCUT2D eigenvalue weighted by Crippen LogP contribution is 2.26. The Balaban J connectivity index is 2.32. The van der Waals surface area contributed by atoms with Crippen molar-refractivity contribution in [3.8, 4) is 0 Å². The average molecular weight is 352 g/mol. The molecule has 21 heavy (non-hydrogen) atoms. The second-order valence-electron chi connectivity index (χ2n) is 4.47. The van der Waals surface area contributed by atoms with Crippen LogP contribution in [0.25, 0.3) is 0 Å². The van der Waals surface area contributed by atoms with Gasteiger partial charge in [0.1, 0.15) is 11.6 Å². The molecule has 2 rings (SSSR count). The van der Waals surface area contributed by atoms with Gasteiger partial charge >= 0.3 is 0 Å². The molecule has 0 bridgehead atoms. The number of hydrogen-bond acceptors (Lipinski definition) is 3. The molecule has 0 fully saturated rings. The van der Waals surface area contributed by atoms with Gasteiger partial charge in [0.05, 0.1) is 17.4 Å². The molecule has 0 atom stereocenters. The Kier molecular flexibility index (Phi) is 4.90. The van der Waals surface area contributed by atoms with Crippen LogP contribution < -0.4 is 10.6 Å². The van der Waals surface area contributed by atoms with E-state index in [4.69, 9.17) is 0 Å². The average Bonchev–Trinajstić information content (AvgIpc) is 2.46. The van der Waals surface area contributed by atoms with Crippen molar-refractivity contribution < 1.29 is 9.18 Å². The van der Waals surface area contributed by atoms with E-state index < -0.39 is 11.7 Å². The minimum atomic E-state index is -0.551. The van der Waals surface area contributed by atoms with Gasteiger partial charge in [-0.2, -0.15) is 0 Å². The molecular weight excluding hydrogens is 337 g/mol. The lowest BCUT2D eigenvalue weighted by atomic mass is 10.2. The maximum absolute atomic E-state index is 13.4. The van der Waals surface area contributed by atoms with E-state index in [9.17, 15) is 9.18 Å². The van der Waals surface area contributed by atoms with E-state index in [1.165, 1.54) is 6.07 Å². The summed E-state index contributed by atoms with van der Waals surface area (Å²) in [4.78, 5) is 16.3. The van der Waals surface area contributed by atoms with E-state index in [0.29, 0.717) is 18.1 Å². The smallest absolute Gasteiger partial charge is 0.259 e. The van der Waals surface area contributed by atoms with Crippen LogP contribution in [0.3, 0.4) is 0 Å². The number of pyridine rings is 1. The van der Waals surface area contributed by atoms with E-state index in [2.05, 4.69) is 31.5 Å². The first-order valence-corrected chi connectivity index (χ1v) is 7.28. The van der Waals surface area contributed by atoms with Crippen molar-refractivity contribution in [2.45, 2.75) is 13.8 Å². The van der Waals surface area contributed by atoms with Crippen LogP contribution in [-0.4, -0.2) is 17.4 Å². The van der Waals surface area contributed by atoms with Crippen molar-refractivity contribution >= 4 is 33.3 Å². The van der Waals surface area contributed by atoms with Gasteiger partial charge in [0, 0.05) is 11.0 Å². The van der Waals surface area contributed by atoms with Crippen LogP contribution in [0, 0.1) is 12.7 Å². The standard InChI is InChI=1S/C15H15BrFN3O/c1-3-18-14-11(7-10(17)8-19-14)15(21)20-12-6-4-5-9(2)13(12)16/h4-8H,3H2,1-2H3,(H,18,19)(H,20,21). The van der Waals surface area contributed by atoms with Gasteiger partial charge in [-0.1, -0.05) is 12.1 Å². The minimum Gasteiger partial charge on any atom is -0.370 e. The molecule has 1 amide bonds. The van der Waals surface area contributed by atoms with Crippen molar-refractivity contribution in [2.24, 2.45) is 0 Å². The number of anilines is 2. The second kappa shape index (κ2) is 6.67. The Morgan fingerprint density at radius 1 is 1.43 bits per heavy atom. The maximum atomic E-state index is 13.4. The Bertz CT molecular complexity index is 676. The normalized spacial score (nSPS) is 10.3. The molecule has 0 aliphatic heterocycles. The quantitative estimate of drug-likeness (QED) is 0.875. The van der Waals surface area contributed by atoms with Crippen molar-refractivity contribution in [2.75, 3.05) is 17.2 Å². The van der Waals surface area contributed by atoms with Gasteiger partial charge in [0.25, 0.3) is 5.91 Å². The Morgan fingerprint density at radius 2 is 2.19 bits per heavy atom. The number of halogens is 2. The van der Waals surface area contributed by atoms with Gasteiger partial charge in [0.15, 0.2) is 0 Å². The third-order valence-electron chi connectivity index (χ3n) is 2.88. The van der Waals surface area contributed by atoms with Crippen LogP contribution >= 0.6 is 15.9 Å². The van der Waals surface area contributed by atoms with E-state index in [1.54, 1.807) is 6.07 Å².